The fourth-order valence-corrected chi connectivity index (χ4v) is 4.03. The first-order valence-corrected chi connectivity index (χ1v) is 10.2. The van der Waals surface area contributed by atoms with Crippen LogP contribution in [0.15, 0.2) is 12.1 Å². The fraction of sp³-hybridized carbons (Fsp3) is 0.571. The van der Waals surface area contributed by atoms with E-state index in [1.165, 1.54) is 0 Å². The van der Waals surface area contributed by atoms with Crippen LogP contribution in [0.1, 0.15) is 49.2 Å². The molecule has 4 N–H and O–H groups in total. The summed E-state index contributed by atoms with van der Waals surface area (Å²) in [4.78, 5) is 37.5. The van der Waals surface area contributed by atoms with E-state index in [1.807, 2.05) is 0 Å². The number of hydrogen-bond donors (Lipinski definition) is 3. The second kappa shape index (κ2) is 9.38. The number of Topliss-reactive ketones (excluding diaryl/α,β-unsaturated/α-hetero) is 1. The summed E-state index contributed by atoms with van der Waals surface area (Å²) < 4.78 is 5.80. The summed E-state index contributed by atoms with van der Waals surface area (Å²) in [6, 6.07) is 2.66. The normalized spacial score (nSPS) is 19.3. The van der Waals surface area contributed by atoms with Gasteiger partial charge in [0.05, 0.1) is 25.1 Å². The van der Waals surface area contributed by atoms with Gasteiger partial charge in [-0.1, -0.05) is 32.4 Å². The Morgan fingerprint density at radius 1 is 1.29 bits per heavy atom. The highest BCUT2D eigenvalue weighted by atomic mass is 16.5. The minimum absolute atomic E-state index is 0. The van der Waals surface area contributed by atoms with E-state index in [4.69, 9.17) is 10.5 Å². The van der Waals surface area contributed by atoms with Gasteiger partial charge in [0, 0.05) is 17.9 Å². The van der Waals surface area contributed by atoms with Gasteiger partial charge in [0.15, 0.2) is 0 Å². The quantitative estimate of drug-likeness (QED) is 0.476. The molecular weight excluding hydrogens is 403 g/mol. The van der Waals surface area contributed by atoms with Crippen molar-refractivity contribution in [2.75, 3.05) is 13.1 Å². The molecule has 9 nitrogen and oxygen atoms in total. The monoisotopic (exact) mass is 434 g/mol. The van der Waals surface area contributed by atoms with Gasteiger partial charge >= 0.3 is 0 Å². The zero-order chi connectivity index (χ0) is 22.2. The molecule has 1 aromatic carbocycles. The van der Waals surface area contributed by atoms with Gasteiger partial charge in [-0.3, -0.25) is 9.59 Å². The van der Waals surface area contributed by atoms with Crippen LogP contribution in [-0.4, -0.2) is 64.4 Å². The summed E-state index contributed by atoms with van der Waals surface area (Å²) in [7, 11) is 0. The van der Waals surface area contributed by atoms with Crippen molar-refractivity contribution in [1.82, 2.24) is 4.90 Å². The summed E-state index contributed by atoms with van der Waals surface area (Å²) in [6.45, 7) is 1.15. The molecule has 2 aliphatic rings. The Balaban J connectivity index is 0.00000341. The van der Waals surface area contributed by atoms with Gasteiger partial charge < -0.3 is 35.3 Å². The standard InChI is InChI=1S/C20H28BN2O7.CH4/c1-11(7-16(24)12(2)22)19(25)23-9-14(10-23)30-17-4-3-13-5-6-21(28,29)8-15(13)18(17)20(26)27;/h3-4,11-12,14,28-29H,5-10,22H2,1-2H3,(H,26,27);1H4/q-1;/p-1/t11-,12+;/m0./s1. The number of aromatic carboxylic acids is 1. The van der Waals surface area contributed by atoms with Crippen molar-refractivity contribution >= 4 is 24.2 Å². The van der Waals surface area contributed by atoms with Crippen LogP contribution >= 0.6 is 0 Å². The van der Waals surface area contributed by atoms with E-state index in [1.54, 1.807) is 30.9 Å². The number of benzene rings is 1. The van der Waals surface area contributed by atoms with Gasteiger partial charge in [-0.05, 0) is 18.6 Å². The number of carboxylic acids is 1. The Morgan fingerprint density at radius 3 is 2.52 bits per heavy atom. The molecule has 31 heavy (non-hydrogen) atoms. The number of carboxylic acid groups (broad SMARTS) is 1. The number of rotatable bonds is 7. The largest absolute Gasteiger partial charge is 0.583 e. The Kier molecular flexibility index (Phi) is 7.51. The topological polar surface area (TPSA) is 153 Å². The first kappa shape index (κ1) is 24.8. The van der Waals surface area contributed by atoms with Crippen LogP contribution in [0, 0.1) is 5.92 Å². The molecule has 1 amide bonds. The minimum Gasteiger partial charge on any atom is -0.583 e. The van der Waals surface area contributed by atoms with Gasteiger partial charge in [-0.2, -0.15) is 0 Å². The molecule has 0 aliphatic carbocycles. The number of ketones is 1. The lowest BCUT2D eigenvalue weighted by molar-refractivity contribution is -0.255. The van der Waals surface area contributed by atoms with Gasteiger partial charge in [0.1, 0.15) is 17.6 Å². The maximum Gasteiger partial charge on any atom is 0.240 e. The number of ether oxygens (including phenoxy) is 1. The predicted molar refractivity (Wildman–Crippen MR) is 113 cm³/mol. The van der Waals surface area contributed by atoms with E-state index in [0.717, 1.165) is 5.56 Å². The number of aryl methyl sites for hydroxylation is 1. The molecule has 0 aromatic heterocycles. The van der Waals surface area contributed by atoms with Crippen LogP contribution in [0.2, 0.25) is 6.32 Å². The first-order chi connectivity index (χ1) is 14.0. The van der Waals surface area contributed by atoms with Gasteiger partial charge in [0.25, 0.3) is 0 Å². The Bertz CT molecular complexity index is 866. The molecule has 2 atom stereocenters. The molecular formula is C21H31BN2O7-2. The molecule has 1 fully saturated rings. The Morgan fingerprint density at radius 2 is 1.94 bits per heavy atom. The average Bonchev–Trinajstić information content (AvgIpc) is 2.61. The van der Waals surface area contributed by atoms with Crippen molar-refractivity contribution in [3.05, 3.63) is 28.8 Å². The van der Waals surface area contributed by atoms with Crippen LogP contribution in [-0.2, 0) is 22.3 Å². The highest BCUT2D eigenvalue weighted by Gasteiger charge is 2.36. The zero-order valence-electron chi connectivity index (χ0n) is 17.2. The summed E-state index contributed by atoms with van der Waals surface area (Å²) in [5.41, 5.74) is 6.45. The number of nitrogens with two attached hydrogens (primary N) is 1. The first-order valence-electron chi connectivity index (χ1n) is 10.2. The molecule has 2 aliphatic heterocycles. The van der Waals surface area contributed by atoms with E-state index in [-0.39, 0.29) is 62.6 Å². The van der Waals surface area contributed by atoms with Gasteiger partial charge in [-0.25, -0.2) is 0 Å². The van der Waals surface area contributed by atoms with Crippen molar-refractivity contribution in [2.24, 2.45) is 11.7 Å². The lowest BCUT2D eigenvalue weighted by atomic mass is 9.47. The molecule has 1 saturated heterocycles. The third kappa shape index (κ3) is 5.44. The molecule has 0 spiro atoms. The average molecular weight is 434 g/mol. The maximum atomic E-state index is 12.4. The van der Waals surface area contributed by atoms with Crippen LogP contribution in [0.5, 0.6) is 5.75 Å². The minimum atomic E-state index is -2.65. The van der Waals surface area contributed by atoms with E-state index in [2.05, 4.69) is 0 Å². The van der Waals surface area contributed by atoms with Crippen LogP contribution in [0.4, 0.5) is 0 Å². The van der Waals surface area contributed by atoms with Crippen molar-refractivity contribution in [3.63, 3.8) is 0 Å². The van der Waals surface area contributed by atoms with Crippen LogP contribution in [0.3, 0.4) is 0 Å². The third-order valence-electron chi connectivity index (χ3n) is 5.87. The maximum absolute atomic E-state index is 12.4. The van der Waals surface area contributed by atoms with Crippen molar-refractivity contribution in [3.8, 4) is 5.75 Å². The van der Waals surface area contributed by atoms with Crippen LogP contribution < -0.4 is 15.6 Å². The smallest absolute Gasteiger partial charge is 0.240 e. The number of likely N-dealkylation sites (tertiary alicyclic amines) is 1. The van der Waals surface area contributed by atoms with Crippen molar-refractivity contribution in [1.29, 1.82) is 0 Å². The Labute approximate surface area is 182 Å². The molecule has 0 unspecified atom stereocenters. The summed E-state index contributed by atoms with van der Waals surface area (Å²) in [5, 5.41) is 31.7. The predicted octanol–water partition coefficient (Wildman–Crippen LogP) is -0.717. The summed E-state index contributed by atoms with van der Waals surface area (Å²) >= 11 is 0. The summed E-state index contributed by atoms with van der Waals surface area (Å²) in [6.07, 6.45) is 0.0686. The lowest BCUT2D eigenvalue weighted by Crippen LogP contribution is -2.57. The van der Waals surface area contributed by atoms with Crippen LogP contribution in [0.25, 0.3) is 0 Å². The third-order valence-corrected chi connectivity index (χ3v) is 5.87. The number of nitrogens with zero attached hydrogens (tertiary/aromatic N) is 1. The fourth-order valence-electron chi connectivity index (χ4n) is 4.03. The van der Waals surface area contributed by atoms with E-state index < -0.39 is 30.6 Å². The number of hydrogen-bond acceptors (Lipinski definition) is 8. The molecule has 2 heterocycles. The zero-order valence-corrected chi connectivity index (χ0v) is 17.2. The number of amides is 1. The molecule has 10 heteroatoms. The van der Waals surface area contributed by atoms with E-state index in [0.29, 0.717) is 12.0 Å². The number of fused-ring (bicyclic) bond motifs is 1. The lowest BCUT2D eigenvalue weighted by Gasteiger charge is -2.41. The highest BCUT2D eigenvalue weighted by Crippen LogP contribution is 2.34. The molecule has 0 radical (unpaired) electrons. The highest BCUT2D eigenvalue weighted by molar-refractivity contribution is 6.64. The molecule has 172 valence electrons. The molecule has 1 aromatic rings. The van der Waals surface area contributed by atoms with Crippen molar-refractivity contribution in [2.45, 2.75) is 58.9 Å². The summed E-state index contributed by atoms with van der Waals surface area (Å²) in [5.74, 6) is -2.19. The number of carbonyl (C=O) groups is 3. The van der Waals surface area contributed by atoms with E-state index in [9.17, 15) is 29.5 Å². The second-order valence-electron chi connectivity index (χ2n) is 8.58. The van der Waals surface area contributed by atoms with Crippen molar-refractivity contribution < 1.29 is 34.3 Å². The van der Waals surface area contributed by atoms with Gasteiger partial charge in [-0.15, -0.1) is 12.6 Å². The van der Waals surface area contributed by atoms with Gasteiger partial charge in [0.2, 0.25) is 12.5 Å². The molecule has 0 bridgehead atoms. The molecule has 0 saturated carbocycles. The second-order valence-corrected chi connectivity index (χ2v) is 8.58. The molecule has 3 rings (SSSR count). The SMILES string of the molecule is C.C[C@@H](N)C(=O)C[C@H](C)C(=O)N1CC(Oc2ccc3c(c2C(=O)[O-])C[B-](O)(O)CC3)C1. The van der Waals surface area contributed by atoms with E-state index >= 15 is 0 Å². The Hall–Kier alpha value is -2.43. The number of carbonyl (C=O) groups excluding carboxylic acids is 3.